The normalized spacial score (nSPS) is 26.6. The smallest absolute Gasteiger partial charge is 0.357 e. The summed E-state index contributed by atoms with van der Waals surface area (Å²) in [5.41, 5.74) is -2.60. The van der Waals surface area contributed by atoms with Crippen molar-refractivity contribution in [3.63, 3.8) is 0 Å². The van der Waals surface area contributed by atoms with E-state index in [4.69, 9.17) is 0 Å². The number of hydrogen-bond donors (Lipinski definition) is 3. The number of carboxylic acid groups (broad SMARTS) is 2. The third-order valence-corrected chi connectivity index (χ3v) is 9.42. The molecule has 3 aliphatic heterocycles. The van der Waals surface area contributed by atoms with E-state index in [0.29, 0.717) is 0 Å². The van der Waals surface area contributed by atoms with Crippen LogP contribution in [0.2, 0.25) is 0 Å². The third kappa shape index (κ3) is 4.70. The molecule has 4 heterocycles. The SMILES string of the molecule is O=C(O)C1=NN(C2CCS(=O)(=O)C2)C(=O)/C1=C\C=C\c1c(C(=O)O)[nH]n(C2CCS(=O)(=O)C2)c1=O. The minimum Gasteiger partial charge on any atom is -0.477 e. The highest BCUT2D eigenvalue weighted by Gasteiger charge is 2.42. The van der Waals surface area contributed by atoms with Crippen LogP contribution in [0.3, 0.4) is 0 Å². The Labute approximate surface area is 198 Å². The lowest BCUT2D eigenvalue weighted by molar-refractivity contribution is -0.129. The van der Waals surface area contributed by atoms with Crippen molar-refractivity contribution in [3.8, 4) is 0 Å². The van der Waals surface area contributed by atoms with Crippen LogP contribution in [0.25, 0.3) is 6.08 Å². The summed E-state index contributed by atoms with van der Waals surface area (Å²) in [5, 5.41) is 25.9. The van der Waals surface area contributed by atoms with Crippen molar-refractivity contribution >= 4 is 49.3 Å². The van der Waals surface area contributed by atoms with Gasteiger partial charge in [-0.05, 0) is 25.0 Å². The van der Waals surface area contributed by atoms with Gasteiger partial charge in [0.25, 0.3) is 11.5 Å². The summed E-state index contributed by atoms with van der Waals surface area (Å²) < 4.78 is 47.9. The van der Waals surface area contributed by atoms with Crippen LogP contribution in [0.1, 0.15) is 34.9 Å². The van der Waals surface area contributed by atoms with Gasteiger partial charge in [-0.15, -0.1) is 0 Å². The molecule has 14 nitrogen and oxygen atoms in total. The Kier molecular flexibility index (Phi) is 6.04. The number of amides is 1. The highest BCUT2D eigenvalue weighted by atomic mass is 32.2. The Morgan fingerprint density at radius 2 is 1.57 bits per heavy atom. The zero-order valence-electron chi connectivity index (χ0n) is 17.9. The number of carbonyl (C=O) groups excluding carboxylic acids is 1. The second-order valence-electron chi connectivity index (χ2n) is 8.34. The Hall–Kier alpha value is -3.53. The van der Waals surface area contributed by atoms with E-state index < -0.39 is 66.6 Å². The number of allylic oxidation sites excluding steroid dienone is 2. The van der Waals surface area contributed by atoms with Crippen LogP contribution in [-0.2, 0) is 29.3 Å². The fraction of sp³-hybridized carbons (Fsp3) is 0.421. The molecule has 16 heteroatoms. The molecule has 0 aromatic carbocycles. The number of aromatic amines is 1. The van der Waals surface area contributed by atoms with Crippen molar-refractivity contribution in [3.05, 3.63) is 39.3 Å². The Bertz CT molecular complexity index is 1490. The molecule has 35 heavy (non-hydrogen) atoms. The highest BCUT2D eigenvalue weighted by Crippen LogP contribution is 2.26. The van der Waals surface area contributed by atoms with Crippen LogP contribution in [0, 0.1) is 0 Å². The van der Waals surface area contributed by atoms with Gasteiger partial charge >= 0.3 is 11.9 Å². The van der Waals surface area contributed by atoms with Crippen molar-refractivity contribution in [2.45, 2.75) is 24.9 Å². The number of rotatable bonds is 6. The molecule has 1 aromatic heterocycles. The number of hydrogen-bond acceptors (Lipinski definition) is 9. The average Bonchev–Trinajstić information content (AvgIpc) is 3.47. The number of nitrogens with one attached hydrogen (secondary N) is 1. The standard InChI is InChI=1S/C19H20N4O10S2/c24-16-12(14(18(26)27)20-22(16)10-4-6-34(30,31)8-10)2-1-3-13-15(19(28)29)21-23(17(13)25)11-5-7-35(32,33)9-11/h1-3,10-11,20H,4-9H2,(H,26,27)(H,28,29)/b2-1+,13-3-. The number of carboxylic acids is 2. The van der Waals surface area contributed by atoms with E-state index in [0.717, 1.165) is 27.9 Å². The fourth-order valence-electron chi connectivity index (χ4n) is 4.22. The zero-order chi connectivity index (χ0) is 25.7. The molecule has 188 valence electrons. The maximum absolute atomic E-state index is 12.8. The second-order valence-corrected chi connectivity index (χ2v) is 12.8. The number of carbonyl (C=O) groups is 3. The van der Waals surface area contributed by atoms with Crippen LogP contribution in [0.4, 0.5) is 0 Å². The molecule has 0 bridgehead atoms. The van der Waals surface area contributed by atoms with Crippen molar-refractivity contribution in [1.82, 2.24) is 14.8 Å². The van der Waals surface area contributed by atoms with E-state index in [1.54, 1.807) is 0 Å². The topological polar surface area (TPSA) is 213 Å². The molecular weight excluding hydrogens is 508 g/mol. The molecule has 0 spiro atoms. The molecule has 2 saturated heterocycles. The number of H-pyrrole nitrogens is 1. The maximum atomic E-state index is 12.8. The zero-order valence-corrected chi connectivity index (χ0v) is 19.6. The van der Waals surface area contributed by atoms with E-state index in [1.165, 1.54) is 0 Å². The second kappa shape index (κ2) is 8.60. The van der Waals surface area contributed by atoms with Crippen LogP contribution < -0.4 is 5.56 Å². The van der Waals surface area contributed by atoms with E-state index in [-0.39, 0.29) is 47.0 Å². The number of nitrogens with zero attached hydrogens (tertiary/aromatic N) is 3. The van der Waals surface area contributed by atoms with Crippen LogP contribution in [0.5, 0.6) is 0 Å². The lowest BCUT2D eigenvalue weighted by Crippen LogP contribution is -2.34. The molecule has 4 rings (SSSR count). The number of aromatic carboxylic acids is 1. The average molecular weight is 529 g/mol. The Balaban J connectivity index is 1.65. The predicted molar refractivity (Wildman–Crippen MR) is 120 cm³/mol. The molecule has 1 amide bonds. The van der Waals surface area contributed by atoms with Gasteiger partial charge in [0, 0.05) is 0 Å². The summed E-state index contributed by atoms with van der Waals surface area (Å²) in [5.74, 6) is -4.81. The molecule has 0 radical (unpaired) electrons. The molecule has 0 aliphatic carbocycles. The lowest BCUT2D eigenvalue weighted by atomic mass is 10.1. The van der Waals surface area contributed by atoms with Gasteiger partial charge in [0.1, 0.15) is 0 Å². The number of sulfone groups is 2. The molecule has 2 fully saturated rings. The molecule has 0 saturated carbocycles. The van der Waals surface area contributed by atoms with Crippen LogP contribution >= 0.6 is 0 Å². The van der Waals surface area contributed by atoms with Crippen molar-refractivity contribution < 1.29 is 41.4 Å². The number of hydrazone groups is 1. The van der Waals surface area contributed by atoms with Gasteiger partial charge in [-0.1, -0.05) is 6.08 Å². The maximum Gasteiger partial charge on any atom is 0.357 e. The van der Waals surface area contributed by atoms with Crippen LogP contribution in [-0.4, -0.2) is 94.4 Å². The van der Waals surface area contributed by atoms with Gasteiger partial charge in [0.2, 0.25) is 0 Å². The lowest BCUT2D eigenvalue weighted by Gasteiger charge is -2.17. The van der Waals surface area contributed by atoms with Gasteiger partial charge in [-0.2, -0.15) is 5.10 Å². The van der Waals surface area contributed by atoms with E-state index >= 15 is 0 Å². The van der Waals surface area contributed by atoms with Gasteiger partial charge in [0.15, 0.2) is 31.1 Å². The number of aliphatic carboxylic acids is 1. The van der Waals surface area contributed by atoms with Gasteiger partial charge in [-0.25, -0.2) is 36.1 Å². The first-order valence-electron chi connectivity index (χ1n) is 10.3. The molecule has 3 aliphatic rings. The monoisotopic (exact) mass is 528 g/mol. The molecule has 3 N–H and O–H groups in total. The van der Waals surface area contributed by atoms with Gasteiger partial charge < -0.3 is 10.2 Å². The fourth-order valence-corrected chi connectivity index (χ4v) is 7.61. The van der Waals surface area contributed by atoms with Crippen molar-refractivity contribution in [2.75, 3.05) is 23.0 Å². The summed E-state index contributed by atoms with van der Waals surface area (Å²) in [4.78, 5) is 48.8. The van der Waals surface area contributed by atoms with Crippen molar-refractivity contribution in [1.29, 1.82) is 0 Å². The predicted octanol–water partition coefficient (Wildman–Crippen LogP) is -1.36. The minimum atomic E-state index is -3.37. The summed E-state index contributed by atoms with van der Waals surface area (Å²) in [6.07, 6.45) is 3.45. The van der Waals surface area contributed by atoms with E-state index in [9.17, 15) is 46.2 Å². The summed E-state index contributed by atoms with van der Waals surface area (Å²) >= 11 is 0. The summed E-state index contributed by atoms with van der Waals surface area (Å²) in [7, 11) is -6.73. The Morgan fingerprint density at radius 1 is 0.971 bits per heavy atom. The molecular formula is C19H20N4O10S2. The molecule has 2 atom stereocenters. The quantitative estimate of drug-likeness (QED) is 0.369. The van der Waals surface area contributed by atoms with Gasteiger partial charge in [0.05, 0.1) is 46.2 Å². The largest absolute Gasteiger partial charge is 0.477 e. The van der Waals surface area contributed by atoms with E-state index in [1.807, 2.05) is 0 Å². The van der Waals surface area contributed by atoms with Crippen LogP contribution in [0.15, 0.2) is 27.6 Å². The Morgan fingerprint density at radius 3 is 2.09 bits per heavy atom. The molecule has 2 unspecified atom stereocenters. The first-order chi connectivity index (χ1) is 16.3. The third-order valence-electron chi connectivity index (χ3n) is 5.92. The summed E-state index contributed by atoms with van der Waals surface area (Å²) in [6, 6.07) is -1.57. The highest BCUT2D eigenvalue weighted by molar-refractivity contribution is 7.91. The van der Waals surface area contributed by atoms with Gasteiger partial charge in [-0.3, -0.25) is 14.7 Å². The van der Waals surface area contributed by atoms with E-state index in [2.05, 4.69) is 10.2 Å². The number of aromatic nitrogens is 2. The summed E-state index contributed by atoms with van der Waals surface area (Å²) in [6.45, 7) is 0. The van der Waals surface area contributed by atoms with Crippen molar-refractivity contribution in [2.24, 2.45) is 5.10 Å². The molecule has 1 aromatic rings. The first kappa shape index (κ1) is 24.6. The minimum absolute atomic E-state index is 0.106. The first-order valence-corrected chi connectivity index (χ1v) is 14.0.